The van der Waals surface area contributed by atoms with Gasteiger partial charge in [-0.1, -0.05) is 0 Å². The van der Waals surface area contributed by atoms with Crippen LogP contribution in [0.1, 0.15) is 12.8 Å². The van der Waals surface area contributed by atoms with E-state index in [1.54, 1.807) is 0 Å². The molecule has 0 radical (unpaired) electrons. The predicted molar refractivity (Wildman–Crippen MR) is 47.9 cm³/mol. The standard InChI is InChI=1S/C7H7F5NO5P/c8-6(9,7(10,11)12)3-18-19(16,17)13-4(14)1-2-5(13)15/h1-3H2,(H,16,17). The lowest BCUT2D eigenvalue weighted by Gasteiger charge is -2.24. The molecule has 19 heavy (non-hydrogen) atoms. The molecule has 1 saturated heterocycles. The Bertz CT molecular complexity index is 434. The van der Waals surface area contributed by atoms with Crippen molar-refractivity contribution in [1.29, 1.82) is 0 Å². The number of nitrogens with zero attached hydrogens (tertiary/aromatic N) is 1. The van der Waals surface area contributed by atoms with Gasteiger partial charge in [-0.15, -0.1) is 0 Å². The topological polar surface area (TPSA) is 83.9 Å². The van der Waals surface area contributed by atoms with Crippen LogP contribution in [-0.4, -0.2) is 40.1 Å². The second-order valence-corrected chi connectivity index (χ2v) is 5.20. The SMILES string of the molecule is O=C1CCC(=O)N1P(=O)(O)OCC(F)(F)C(F)(F)F. The van der Waals surface area contributed by atoms with E-state index in [0.29, 0.717) is 0 Å². The second-order valence-electron chi connectivity index (χ2n) is 3.57. The first-order valence-electron chi connectivity index (χ1n) is 4.66. The van der Waals surface area contributed by atoms with Crippen LogP contribution in [0.3, 0.4) is 0 Å². The van der Waals surface area contributed by atoms with Gasteiger partial charge in [0.1, 0.15) is 6.61 Å². The first-order chi connectivity index (χ1) is 8.38. The van der Waals surface area contributed by atoms with E-state index in [4.69, 9.17) is 4.89 Å². The van der Waals surface area contributed by atoms with Crippen LogP contribution in [0.25, 0.3) is 0 Å². The molecule has 110 valence electrons. The molecule has 1 heterocycles. The van der Waals surface area contributed by atoms with E-state index >= 15 is 0 Å². The van der Waals surface area contributed by atoms with Crippen LogP contribution in [0.2, 0.25) is 0 Å². The number of amides is 2. The molecule has 1 rings (SSSR count). The van der Waals surface area contributed by atoms with Crippen LogP contribution in [0.5, 0.6) is 0 Å². The zero-order valence-electron chi connectivity index (χ0n) is 8.99. The second kappa shape index (κ2) is 4.80. The summed E-state index contributed by atoms with van der Waals surface area (Å²) >= 11 is 0. The van der Waals surface area contributed by atoms with Gasteiger partial charge in [0.15, 0.2) is 0 Å². The van der Waals surface area contributed by atoms with Crippen LogP contribution < -0.4 is 0 Å². The highest BCUT2D eigenvalue weighted by Gasteiger charge is 2.59. The molecule has 2 amide bonds. The molecule has 6 nitrogen and oxygen atoms in total. The first-order valence-corrected chi connectivity index (χ1v) is 6.20. The zero-order chi connectivity index (χ0) is 15.1. The van der Waals surface area contributed by atoms with E-state index in [1.165, 1.54) is 0 Å². The number of hydrogen-bond donors (Lipinski definition) is 1. The Labute approximate surface area is 102 Å². The lowest BCUT2D eigenvalue weighted by Crippen LogP contribution is -2.41. The van der Waals surface area contributed by atoms with E-state index < -0.39 is 51.1 Å². The molecular formula is C7H7F5NO5P. The third-order valence-electron chi connectivity index (χ3n) is 2.11. The molecule has 1 aliphatic rings. The van der Waals surface area contributed by atoms with Crippen molar-refractivity contribution < 1.29 is 45.5 Å². The molecular weight excluding hydrogens is 304 g/mol. The zero-order valence-corrected chi connectivity index (χ0v) is 9.88. The van der Waals surface area contributed by atoms with Crippen LogP contribution in [0, 0.1) is 0 Å². The minimum Gasteiger partial charge on any atom is -0.307 e. The normalized spacial score (nSPS) is 20.8. The Morgan fingerprint density at radius 3 is 1.95 bits per heavy atom. The van der Waals surface area contributed by atoms with Crippen molar-refractivity contribution in [2.24, 2.45) is 0 Å². The van der Waals surface area contributed by atoms with Gasteiger partial charge in [0.25, 0.3) is 0 Å². The van der Waals surface area contributed by atoms with E-state index in [2.05, 4.69) is 4.52 Å². The van der Waals surface area contributed by atoms with E-state index in [1.807, 2.05) is 0 Å². The van der Waals surface area contributed by atoms with Gasteiger partial charge in [-0.2, -0.15) is 26.6 Å². The highest BCUT2D eigenvalue weighted by atomic mass is 31.2. The summed E-state index contributed by atoms with van der Waals surface area (Å²) in [6.45, 7) is -2.47. The lowest BCUT2D eigenvalue weighted by atomic mass is 10.3. The summed E-state index contributed by atoms with van der Waals surface area (Å²) < 4.78 is 74.9. The van der Waals surface area contributed by atoms with Gasteiger partial charge in [0, 0.05) is 12.8 Å². The third-order valence-corrected chi connectivity index (χ3v) is 3.52. The van der Waals surface area contributed by atoms with Crippen molar-refractivity contribution in [2.75, 3.05) is 6.61 Å². The minimum absolute atomic E-state index is 0.320. The number of halogens is 5. The fourth-order valence-electron chi connectivity index (χ4n) is 1.15. The van der Waals surface area contributed by atoms with Gasteiger partial charge >= 0.3 is 19.8 Å². The summed E-state index contributed by atoms with van der Waals surface area (Å²) in [6.07, 6.45) is -6.86. The van der Waals surface area contributed by atoms with Crippen molar-refractivity contribution in [3.8, 4) is 0 Å². The van der Waals surface area contributed by atoms with Gasteiger partial charge < -0.3 is 4.89 Å². The van der Waals surface area contributed by atoms with Gasteiger partial charge in [0.05, 0.1) is 0 Å². The van der Waals surface area contributed by atoms with Crippen LogP contribution in [0.4, 0.5) is 22.0 Å². The average molecular weight is 311 g/mol. The van der Waals surface area contributed by atoms with Crippen LogP contribution in [0.15, 0.2) is 0 Å². The predicted octanol–water partition coefficient (Wildman–Crippen LogP) is 1.45. The van der Waals surface area contributed by atoms with E-state index in [-0.39, 0.29) is 4.67 Å². The van der Waals surface area contributed by atoms with Crippen molar-refractivity contribution in [3.05, 3.63) is 0 Å². The van der Waals surface area contributed by atoms with E-state index in [0.717, 1.165) is 0 Å². The minimum atomic E-state index is -5.98. The summed E-state index contributed by atoms with van der Waals surface area (Å²) in [7, 11) is -5.36. The summed E-state index contributed by atoms with van der Waals surface area (Å²) in [5.74, 6) is -7.73. The molecule has 0 saturated carbocycles. The Hall–Kier alpha value is -1.06. The Balaban J connectivity index is 2.79. The largest absolute Gasteiger partial charge is 0.455 e. The number of rotatable bonds is 4. The molecule has 0 aliphatic carbocycles. The van der Waals surface area contributed by atoms with Gasteiger partial charge in [-0.05, 0) is 0 Å². The quantitative estimate of drug-likeness (QED) is 0.482. The lowest BCUT2D eigenvalue weighted by molar-refractivity contribution is -0.290. The Morgan fingerprint density at radius 1 is 1.16 bits per heavy atom. The fraction of sp³-hybridized carbons (Fsp3) is 0.714. The summed E-state index contributed by atoms with van der Waals surface area (Å²) in [6, 6.07) is 0. The molecule has 0 aromatic rings. The highest BCUT2D eigenvalue weighted by Crippen LogP contribution is 2.51. The maximum Gasteiger partial charge on any atom is 0.455 e. The maximum atomic E-state index is 12.5. The van der Waals surface area contributed by atoms with Gasteiger partial charge in [-0.25, -0.2) is 4.57 Å². The molecule has 1 aliphatic heterocycles. The van der Waals surface area contributed by atoms with Crippen molar-refractivity contribution in [1.82, 2.24) is 4.67 Å². The number of alkyl halides is 5. The fourth-order valence-corrected chi connectivity index (χ4v) is 2.36. The monoisotopic (exact) mass is 311 g/mol. The molecule has 1 fully saturated rings. The highest BCUT2D eigenvalue weighted by molar-refractivity contribution is 7.51. The molecule has 1 N–H and O–H groups in total. The average Bonchev–Trinajstić information content (AvgIpc) is 2.55. The van der Waals surface area contributed by atoms with Crippen molar-refractivity contribution in [2.45, 2.75) is 24.9 Å². The molecule has 0 spiro atoms. The first kappa shape index (κ1) is 16.0. The Morgan fingerprint density at radius 2 is 1.58 bits per heavy atom. The molecule has 1 atom stereocenters. The molecule has 0 aromatic carbocycles. The number of imide groups is 1. The maximum absolute atomic E-state index is 12.5. The Kier molecular flexibility index (Phi) is 4.04. The molecule has 0 aromatic heterocycles. The molecule has 0 bridgehead atoms. The summed E-state index contributed by atoms with van der Waals surface area (Å²) in [5.41, 5.74) is 0. The van der Waals surface area contributed by atoms with Crippen molar-refractivity contribution >= 4 is 19.6 Å². The number of hydrogen-bond acceptors (Lipinski definition) is 4. The van der Waals surface area contributed by atoms with Gasteiger partial charge in [0.2, 0.25) is 11.8 Å². The third kappa shape index (κ3) is 3.28. The van der Waals surface area contributed by atoms with E-state index in [9.17, 15) is 36.1 Å². The van der Waals surface area contributed by atoms with Crippen LogP contribution >= 0.6 is 7.75 Å². The van der Waals surface area contributed by atoms with Crippen LogP contribution in [-0.2, 0) is 18.7 Å². The molecule has 1 unspecified atom stereocenters. The van der Waals surface area contributed by atoms with Gasteiger partial charge in [-0.3, -0.25) is 14.1 Å². The number of carbonyl (C=O) groups is 2. The smallest absolute Gasteiger partial charge is 0.307 e. The summed E-state index contributed by atoms with van der Waals surface area (Å²) in [4.78, 5) is 31.2. The number of carbonyl (C=O) groups excluding carboxylic acids is 2. The molecule has 12 heteroatoms. The van der Waals surface area contributed by atoms with Crippen molar-refractivity contribution in [3.63, 3.8) is 0 Å². The summed E-state index contributed by atoms with van der Waals surface area (Å²) in [5, 5.41) is 0.